The molecule has 1 atom stereocenters. The third-order valence-corrected chi connectivity index (χ3v) is 2.90. The molecule has 0 fully saturated rings. The number of hydrogen-bond acceptors (Lipinski definition) is 3. The van der Waals surface area contributed by atoms with Crippen molar-refractivity contribution in [2.75, 3.05) is 0 Å². The minimum atomic E-state index is -0.335. The van der Waals surface area contributed by atoms with E-state index in [0.717, 1.165) is 24.0 Å². The van der Waals surface area contributed by atoms with Crippen LogP contribution in [0.4, 0.5) is 0 Å². The van der Waals surface area contributed by atoms with Crippen molar-refractivity contribution in [2.45, 2.75) is 39.2 Å². The van der Waals surface area contributed by atoms with Gasteiger partial charge in [-0.1, -0.05) is 19.8 Å². The standard InChI is InChI=1S/C15H18O3/c1-3-4-5-11(2)17-13-8-6-12-7-9-15(16)18-14(12)10-13/h6-11H,3-5H2,1-2H3. The molecule has 3 nitrogen and oxygen atoms in total. The van der Waals surface area contributed by atoms with Gasteiger partial charge >= 0.3 is 5.63 Å². The van der Waals surface area contributed by atoms with Crippen LogP contribution in [0.25, 0.3) is 11.0 Å². The highest BCUT2D eigenvalue weighted by molar-refractivity contribution is 5.77. The van der Waals surface area contributed by atoms with Crippen molar-refractivity contribution in [3.63, 3.8) is 0 Å². The predicted octanol–water partition coefficient (Wildman–Crippen LogP) is 3.75. The summed E-state index contributed by atoms with van der Waals surface area (Å²) < 4.78 is 10.9. The van der Waals surface area contributed by atoms with Crippen molar-refractivity contribution in [3.8, 4) is 5.75 Å². The summed E-state index contributed by atoms with van der Waals surface area (Å²) in [6.07, 6.45) is 3.54. The summed E-state index contributed by atoms with van der Waals surface area (Å²) in [5.41, 5.74) is 0.237. The zero-order valence-electron chi connectivity index (χ0n) is 10.8. The van der Waals surface area contributed by atoms with Crippen LogP contribution in [0.15, 0.2) is 39.5 Å². The fourth-order valence-corrected chi connectivity index (χ4v) is 1.90. The molecule has 2 aromatic rings. The summed E-state index contributed by atoms with van der Waals surface area (Å²) in [6.45, 7) is 4.22. The van der Waals surface area contributed by atoms with E-state index in [2.05, 4.69) is 13.8 Å². The Labute approximate surface area is 106 Å². The normalized spacial score (nSPS) is 12.6. The van der Waals surface area contributed by atoms with Gasteiger partial charge in [0.15, 0.2) is 0 Å². The number of fused-ring (bicyclic) bond motifs is 1. The van der Waals surface area contributed by atoms with Gasteiger partial charge in [-0.05, 0) is 31.5 Å². The van der Waals surface area contributed by atoms with Gasteiger partial charge in [0.05, 0.1) is 6.10 Å². The van der Waals surface area contributed by atoms with Crippen LogP contribution in [0.2, 0.25) is 0 Å². The molecule has 0 aliphatic carbocycles. The van der Waals surface area contributed by atoms with E-state index in [4.69, 9.17) is 9.15 Å². The Hall–Kier alpha value is -1.77. The molecule has 0 saturated carbocycles. The molecule has 1 unspecified atom stereocenters. The largest absolute Gasteiger partial charge is 0.491 e. The maximum atomic E-state index is 11.2. The van der Waals surface area contributed by atoms with E-state index in [1.54, 1.807) is 12.1 Å². The summed E-state index contributed by atoms with van der Waals surface area (Å²) in [7, 11) is 0. The van der Waals surface area contributed by atoms with E-state index in [9.17, 15) is 4.79 Å². The van der Waals surface area contributed by atoms with Crippen molar-refractivity contribution in [2.24, 2.45) is 0 Å². The average Bonchev–Trinajstić information content (AvgIpc) is 2.36. The Bertz CT molecular complexity index is 571. The first-order valence-electron chi connectivity index (χ1n) is 6.39. The molecule has 96 valence electrons. The SMILES string of the molecule is CCCCC(C)Oc1ccc2ccc(=O)oc2c1. The van der Waals surface area contributed by atoms with Gasteiger partial charge in [-0.15, -0.1) is 0 Å². The number of ether oxygens (including phenoxy) is 1. The summed E-state index contributed by atoms with van der Waals surface area (Å²) in [5.74, 6) is 0.750. The Morgan fingerprint density at radius 1 is 1.28 bits per heavy atom. The number of rotatable bonds is 5. The molecule has 1 aromatic carbocycles. The molecule has 0 N–H and O–H groups in total. The molecular formula is C15H18O3. The minimum absolute atomic E-state index is 0.179. The Morgan fingerprint density at radius 2 is 2.06 bits per heavy atom. The van der Waals surface area contributed by atoms with Gasteiger partial charge in [-0.2, -0.15) is 0 Å². The first kappa shape index (κ1) is 12.7. The van der Waals surface area contributed by atoms with Gasteiger partial charge in [0.2, 0.25) is 0 Å². The maximum absolute atomic E-state index is 11.2. The fourth-order valence-electron chi connectivity index (χ4n) is 1.90. The van der Waals surface area contributed by atoms with Crippen molar-refractivity contribution in [1.82, 2.24) is 0 Å². The molecule has 0 saturated heterocycles. The summed E-state index contributed by atoms with van der Waals surface area (Å²) in [6, 6.07) is 8.77. The van der Waals surface area contributed by atoms with Gasteiger partial charge in [-0.3, -0.25) is 0 Å². The highest BCUT2D eigenvalue weighted by atomic mass is 16.5. The van der Waals surface area contributed by atoms with Gasteiger partial charge in [0.1, 0.15) is 11.3 Å². The molecule has 1 heterocycles. The monoisotopic (exact) mass is 246 g/mol. The van der Waals surface area contributed by atoms with Crippen LogP contribution < -0.4 is 10.4 Å². The Morgan fingerprint density at radius 3 is 2.83 bits per heavy atom. The minimum Gasteiger partial charge on any atom is -0.491 e. The van der Waals surface area contributed by atoms with Gasteiger partial charge in [0, 0.05) is 17.5 Å². The van der Waals surface area contributed by atoms with Crippen LogP contribution in [0.1, 0.15) is 33.1 Å². The zero-order valence-corrected chi connectivity index (χ0v) is 10.8. The van der Waals surface area contributed by atoms with Crippen molar-refractivity contribution >= 4 is 11.0 Å². The summed E-state index contributed by atoms with van der Waals surface area (Å²) in [4.78, 5) is 11.2. The second-order valence-electron chi connectivity index (χ2n) is 4.52. The first-order chi connectivity index (χ1) is 8.69. The third kappa shape index (κ3) is 3.13. The molecule has 0 amide bonds. The van der Waals surface area contributed by atoms with Crippen molar-refractivity contribution in [3.05, 3.63) is 40.8 Å². The first-order valence-corrected chi connectivity index (χ1v) is 6.39. The fraction of sp³-hybridized carbons (Fsp3) is 0.400. The number of hydrogen-bond donors (Lipinski definition) is 0. The van der Waals surface area contributed by atoms with Gasteiger partial charge in [0.25, 0.3) is 0 Å². The molecule has 18 heavy (non-hydrogen) atoms. The van der Waals surface area contributed by atoms with E-state index in [-0.39, 0.29) is 11.7 Å². The predicted molar refractivity (Wildman–Crippen MR) is 72.1 cm³/mol. The van der Waals surface area contributed by atoms with Crippen LogP contribution in [0.3, 0.4) is 0 Å². The Balaban J connectivity index is 2.16. The van der Waals surface area contributed by atoms with E-state index in [0.29, 0.717) is 5.58 Å². The third-order valence-electron chi connectivity index (χ3n) is 2.90. The quantitative estimate of drug-likeness (QED) is 0.754. The lowest BCUT2D eigenvalue weighted by Gasteiger charge is -2.14. The van der Waals surface area contributed by atoms with Crippen LogP contribution in [-0.2, 0) is 0 Å². The van der Waals surface area contributed by atoms with E-state index >= 15 is 0 Å². The number of benzene rings is 1. The van der Waals surface area contributed by atoms with Gasteiger partial charge < -0.3 is 9.15 Å². The van der Waals surface area contributed by atoms with Crippen LogP contribution in [0.5, 0.6) is 5.75 Å². The highest BCUT2D eigenvalue weighted by Crippen LogP contribution is 2.21. The molecule has 0 radical (unpaired) electrons. The molecule has 0 aliphatic rings. The lowest BCUT2D eigenvalue weighted by atomic mass is 10.2. The smallest absolute Gasteiger partial charge is 0.336 e. The molecule has 1 aromatic heterocycles. The molecular weight excluding hydrogens is 228 g/mol. The average molecular weight is 246 g/mol. The molecule has 2 rings (SSSR count). The van der Waals surface area contributed by atoms with Crippen LogP contribution in [-0.4, -0.2) is 6.10 Å². The van der Waals surface area contributed by atoms with E-state index < -0.39 is 0 Å². The lowest BCUT2D eigenvalue weighted by molar-refractivity contribution is 0.207. The Kier molecular flexibility index (Phi) is 4.03. The van der Waals surface area contributed by atoms with Crippen molar-refractivity contribution < 1.29 is 9.15 Å². The second-order valence-corrected chi connectivity index (χ2v) is 4.52. The van der Waals surface area contributed by atoms with Crippen LogP contribution in [0, 0.1) is 0 Å². The highest BCUT2D eigenvalue weighted by Gasteiger charge is 2.05. The lowest BCUT2D eigenvalue weighted by Crippen LogP contribution is -2.11. The zero-order chi connectivity index (χ0) is 13.0. The molecule has 0 bridgehead atoms. The number of unbranched alkanes of at least 4 members (excludes halogenated alkanes) is 1. The maximum Gasteiger partial charge on any atom is 0.336 e. The summed E-state index contributed by atoms with van der Waals surface area (Å²) >= 11 is 0. The van der Waals surface area contributed by atoms with Crippen molar-refractivity contribution in [1.29, 1.82) is 0 Å². The van der Waals surface area contributed by atoms with Crippen LogP contribution >= 0.6 is 0 Å². The second kappa shape index (κ2) is 5.71. The topological polar surface area (TPSA) is 39.4 Å². The van der Waals surface area contributed by atoms with Gasteiger partial charge in [-0.25, -0.2) is 4.79 Å². The molecule has 0 spiro atoms. The molecule has 0 aliphatic heterocycles. The summed E-state index contributed by atoms with van der Waals surface area (Å²) in [5, 5.41) is 0.906. The molecule has 3 heteroatoms. The van der Waals surface area contributed by atoms with E-state index in [1.807, 2.05) is 12.1 Å². The van der Waals surface area contributed by atoms with E-state index in [1.165, 1.54) is 12.5 Å².